The fraction of sp³-hybridized carbons (Fsp3) is 0.320. The molecule has 164 valence electrons. The number of aromatic nitrogens is 1. The van der Waals surface area contributed by atoms with Crippen molar-refractivity contribution in [2.24, 2.45) is 5.92 Å². The smallest absolute Gasteiger partial charge is 0.274 e. The normalized spacial score (nSPS) is 21.3. The van der Waals surface area contributed by atoms with E-state index in [1.54, 1.807) is 35.6 Å². The van der Waals surface area contributed by atoms with Gasteiger partial charge in [0.2, 0.25) is 0 Å². The standard InChI is InChI=1S/C25H24ClN3O2S/c1-14-4-3-5-17(10-14)23-22(28-15(2)32-23)25(31)29-20(11-18-12-21(18)29)13-27-24(30)16-6-8-19(26)9-7-16/h3-10,18,20-21H,11-13H2,1-2H3,(H,27,30)/t18-,20+,21?/m1/s1. The van der Waals surface area contributed by atoms with Crippen molar-refractivity contribution in [3.8, 4) is 10.4 Å². The van der Waals surface area contributed by atoms with Crippen molar-refractivity contribution in [3.05, 3.63) is 75.4 Å². The van der Waals surface area contributed by atoms with Crippen LogP contribution in [0.25, 0.3) is 10.4 Å². The predicted octanol–water partition coefficient (Wildman–Crippen LogP) is 5.11. The van der Waals surface area contributed by atoms with Crippen molar-refractivity contribution in [1.82, 2.24) is 15.2 Å². The molecule has 3 atom stereocenters. The molecule has 1 aliphatic heterocycles. The maximum absolute atomic E-state index is 13.7. The first-order valence-corrected chi connectivity index (χ1v) is 12.0. The summed E-state index contributed by atoms with van der Waals surface area (Å²) in [6.07, 6.45) is 1.95. The Hall–Kier alpha value is -2.70. The summed E-state index contributed by atoms with van der Waals surface area (Å²) in [6, 6.07) is 15.2. The zero-order valence-corrected chi connectivity index (χ0v) is 19.5. The molecule has 1 N–H and O–H groups in total. The fourth-order valence-electron chi connectivity index (χ4n) is 4.65. The Morgan fingerprint density at radius 1 is 1.16 bits per heavy atom. The zero-order valence-electron chi connectivity index (χ0n) is 18.0. The maximum atomic E-state index is 13.7. The third kappa shape index (κ3) is 4.05. The second-order valence-electron chi connectivity index (χ2n) is 8.66. The van der Waals surface area contributed by atoms with Gasteiger partial charge < -0.3 is 10.2 Å². The van der Waals surface area contributed by atoms with Gasteiger partial charge in [-0.15, -0.1) is 11.3 Å². The summed E-state index contributed by atoms with van der Waals surface area (Å²) >= 11 is 7.47. The number of likely N-dealkylation sites (tertiary alicyclic amines) is 1. The number of hydrogen-bond donors (Lipinski definition) is 1. The Morgan fingerprint density at radius 2 is 1.94 bits per heavy atom. The highest BCUT2D eigenvalue weighted by Crippen LogP contribution is 2.48. The summed E-state index contributed by atoms with van der Waals surface area (Å²) < 4.78 is 0. The Labute approximate surface area is 196 Å². The maximum Gasteiger partial charge on any atom is 0.274 e. The first-order chi connectivity index (χ1) is 15.4. The number of rotatable bonds is 5. The Balaban J connectivity index is 1.35. The average molecular weight is 466 g/mol. The van der Waals surface area contributed by atoms with Crippen LogP contribution >= 0.6 is 22.9 Å². The molecule has 5 nitrogen and oxygen atoms in total. The fourth-order valence-corrected chi connectivity index (χ4v) is 5.68. The molecule has 2 heterocycles. The van der Waals surface area contributed by atoms with Crippen molar-refractivity contribution in [2.75, 3.05) is 6.54 Å². The number of hydrogen-bond acceptors (Lipinski definition) is 4. The lowest BCUT2D eigenvalue weighted by molar-refractivity contribution is 0.0684. The summed E-state index contributed by atoms with van der Waals surface area (Å²) in [5.41, 5.74) is 3.27. The van der Waals surface area contributed by atoms with E-state index < -0.39 is 0 Å². The number of fused-ring (bicyclic) bond motifs is 1. The van der Waals surface area contributed by atoms with Crippen LogP contribution in [0.2, 0.25) is 5.02 Å². The summed E-state index contributed by atoms with van der Waals surface area (Å²) in [5, 5.41) is 4.48. The number of carbonyl (C=O) groups is 2. The molecule has 1 saturated heterocycles. The van der Waals surface area contributed by atoms with Gasteiger partial charge in [0, 0.05) is 23.2 Å². The number of amides is 2. The summed E-state index contributed by atoms with van der Waals surface area (Å²) in [7, 11) is 0. The van der Waals surface area contributed by atoms with E-state index in [0.29, 0.717) is 28.7 Å². The molecular weight excluding hydrogens is 442 g/mol. The van der Waals surface area contributed by atoms with Crippen molar-refractivity contribution >= 4 is 34.8 Å². The number of benzene rings is 2. The topological polar surface area (TPSA) is 62.3 Å². The van der Waals surface area contributed by atoms with Crippen LogP contribution in [0.15, 0.2) is 48.5 Å². The molecule has 3 aromatic rings. The number of nitrogens with one attached hydrogen (secondary N) is 1. The minimum absolute atomic E-state index is 0.0186. The molecule has 2 aromatic carbocycles. The zero-order chi connectivity index (χ0) is 22.4. The van der Waals surface area contributed by atoms with Crippen LogP contribution in [-0.2, 0) is 0 Å². The first-order valence-electron chi connectivity index (χ1n) is 10.8. The number of thiazole rings is 1. The van der Waals surface area contributed by atoms with E-state index in [1.807, 2.05) is 36.9 Å². The van der Waals surface area contributed by atoms with Gasteiger partial charge in [-0.3, -0.25) is 9.59 Å². The molecule has 1 saturated carbocycles. The minimum atomic E-state index is -0.153. The van der Waals surface area contributed by atoms with Crippen molar-refractivity contribution in [1.29, 1.82) is 0 Å². The Kier molecular flexibility index (Phi) is 5.51. The third-order valence-corrected chi connectivity index (χ3v) is 7.54. The van der Waals surface area contributed by atoms with Gasteiger partial charge >= 0.3 is 0 Å². The van der Waals surface area contributed by atoms with Gasteiger partial charge in [0.15, 0.2) is 0 Å². The van der Waals surface area contributed by atoms with Crippen molar-refractivity contribution in [2.45, 2.75) is 38.8 Å². The van der Waals surface area contributed by atoms with E-state index >= 15 is 0 Å². The second kappa shape index (κ2) is 8.34. The van der Waals surface area contributed by atoms with E-state index in [-0.39, 0.29) is 23.9 Å². The number of piperidine rings is 1. The van der Waals surface area contributed by atoms with Gasteiger partial charge in [-0.2, -0.15) is 0 Å². The third-order valence-electron chi connectivity index (χ3n) is 6.27. The second-order valence-corrected chi connectivity index (χ2v) is 10.3. The molecule has 2 aliphatic rings. The van der Waals surface area contributed by atoms with E-state index in [1.165, 1.54) is 0 Å². The van der Waals surface area contributed by atoms with Crippen LogP contribution in [-0.4, -0.2) is 40.3 Å². The monoisotopic (exact) mass is 465 g/mol. The van der Waals surface area contributed by atoms with Crippen LogP contribution < -0.4 is 5.32 Å². The largest absolute Gasteiger partial charge is 0.350 e. The van der Waals surface area contributed by atoms with Gasteiger partial charge in [0.1, 0.15) is 5.69 Å². The van der Waals surface area contributed by atoms with Crippen LogP contribution in [0.4, 0.5) is 0 Å². The molecular formula is C25H24ClN3O2S. The van der Waals surface area contributed by atoms with E-state index in [2.05, 4.69) is 16.4 Å². The van der Waals surface area contributed by atoms with Crippen LogP contribution in [0.5, 0.6) is 0 Å². The molecule has 2 amide bonds. The first kappa shape index (κ1) is 21.2. The highest BCUT2D eigenvalue weighted by Gasteiger charge is 2.54. The average Bonchev–Trinajstić information content (AvgIpc) is 3.26. The molecule has 2 fully saturated rings. The van der Waals surface area contributed by atoms with Crippen LogP contribution in [0.3, 0.4) is 0 Å². The molecule has 1 unspecified atom stereocenters. The SMILES string of the molecule is Cc1cccc(-c2sc(C)nc2C(=O)N2C3C[C@H]3C[C@H]2CNC(=O)c2ccc(Cl)cc2)c1. The van der Waals surface area contributed by atoms with E-state index in [9.17, 15) is 9.59 Å². The van der Waals surface area contributed by atoms with Crippen LogP contribution in [0.1, 0.15) is 44.3 Å². The predicted molar refractivity (Wildman–Crippen MR) is 127 cm³/mol. The van der Waals surface area contributed by atoms with E-state index in [4.69, 9.17) is 11.6 Å². The number of nitrogens with zero attached hydrogens (tertiary/aromatic N) is 2. The quantitative estimate of drug-likeness (QED) is 0.569. The Morgan fingerprint density at radius 3 is 2.69 bits per heavy atom. The molecule has 32 heavy (non-hydrogen) atoms. The lowest BCUT2D eigenvalue weighted by atomic mass is 10.1. The number of carbonyl (C=O) groups excluding carboxylic acids is 2. The number of halogens is 1. The minimum Gasteiger partial charge on any atom is -0.350 e. The highest BCUT2D eigenvalue weighted by molar-refractivity contribution is 7.15. The van der Waals surface area contributed by atoms with Crippen LogP contribution in [0, 0.1) is 19.8 Å². The molecule has 0 radical (unpaired) electrons. The lowest BCUT2D eigenvalue weighted by Gasteiger charge is -2.27. The van der Waals surface area contributed by atoms with Gasteiger partial charge in [-0.25, -0.2) is 4.98 Å². The van der Waals surface area contributed by atoms with Gasteiger partial charge in [-0.05, 0) is 62.4 Å². The highest BCUT2D eigenvalue weighted by atomic mass is 35.5. The van der Waals surface area contributed by atoms with Crippen molar-refractivity contribution < 1.29 is 9.59 Å². The molecule has 5 rings (SSSR count). The molecule has 7 heteroatoms. The van der Waals surface area contributed by atoms with Gasteiger partial charge in [-0.1, -0.05) is 41.4 Å². The Bertz CT molecular complexity index is 1190. The summed E-state index contributed by atoms with van der Waals surface area (Å²) in [4.78, 5) is 33.8. The molecule has 1 aromatic heterocycles. The van der Waals surface area contributed by atoms with Crippen molar-refractivity contribution in [3.63, 3.8) is 0 Å². The summed E-state index contributed by atoms with van der Waals surface area (Å²) in [5.74, 6) is 0.347. The lowest BCUT2D eigenvalue weighted by Crippen LogP contribution is -2.45. The number of aryl methyl sites for hydroxylation is 2. The van der Waals surface area contributed by atoms with Gasteiger partial charge in [0.25, 0.3) is 11.8 Å². The molecule has 1 aliphatic carbocycles. The van der Waals surface area contributed by atoms with E-state index in [0.717, 1.165) is 33.9 Å². The molecule has 0 bridgehead atoms. The molecule has 0 spiro atoms. The van der Waals surface area contributed by atoms with Gasteiger partial charge in [0.05, 0.1) is 15.9 Å². The summed E-state index contributed by atoms with van der Waals surface area (Å²) in [6.45, 7) is 4.42.